The first-order chi connectivity index (χ1) is 8.28. The van der Waals surface area contributed by atoms with E-state index in [0.29, 0.717) is 13.0 Å². The van der Waals surface area contributed by atoms with Gasteiger partial charge in [0.05, 0.1) is 6.54 Å². The molecule has 0 saturated heterocycles. The lowest BCUT2D eigenvalue weighted by Crippen LogP contribution is -2.08. The molecule has 0 aliphatic carbocycles. The van der Waals surface area contributed by atoms with Gasteiger partial charge in [0.25, 0.3) is 0 Å². The van der Waals surface area contributed by atoms with Crippen molar-refractivity contribution in [2.45, 2.75) is 13.0 Å². The Bertz CT molecular complexity index is 486. The van der Waals surface area contributed by atoms with Gasteiger partial charge in [-0.05, 0) is 34.6 Å². The van der Waals surface area contributed by atoms with Crippen LogP contribution in [0.5, 0.6) is 0 Å². The molecule has 0 fully saturated rings. The Morgan fingerprint density at radius 1 is 1.47 bits per heavy atom. The second-order valence-corrected chi connectivity index (χ2v) is 5.39. The van der Waals surface area contributed by atoms with E-state index in [2.05, 4.69) is 42.7 Å². The highest BCUT2D eigenvalue weighted by Crippen LogP contribution is 2.20. The van der Waals surface area contributed by atoms with Gasteiger partial charge in [0.2, 0.25) is 0 Å². The van der Waals surface area contributed by atoms with E-state index in [1.807, 2.05) is 6.07 Å². The number of nitrogens with one attached hydrogen (secondary N) is 1. The van der Waals surface area contributed by atoms with Crippen molar-refractivity contribution in [3.8, 4) is 0 Å². The number of aromatic nitrogens is 2. The molecule has 0 radical (unpaired) electrons. The van der Waals surface area contributed by atoms with Gasteiger partial charge in [-0.25, -0.2) is 9.97 Å². The average molecular weight is 313 g/mol. The number of halogens is 1. The molecule has 0 atom stereocenters. The number of nitrogens with zero attached hydrogens (tertiary/aromatic N) is 2. The number of rotatable bonds is 5. The van der Waals surface area contributed by atoms with Gasteiger partial charge in [0, 0.05) is 27.3 Å². The van der Waals surface area contributed by atoms with Crippen molar-refractivity contribution in [2.75, 3.05) is 11.9 Å². The number of nitrogens with two attached hydrogens (primary N) is 1. The summed E-state index contributed by atoms with van der Waals surface area (Å²) in [7, 11) is 0. The topological polar surface area (TPSA) is 63.8 Å². The summed E-state index contributed by atoms with van der Waals surface area (Å²) in [6, 6.07) is 3.96. The molecule has 17 heavy (non-hydrogen) atoms. The van der Waals surface area contributed by atoms with E-state index in [0.717, 1.165) is 22.7 Å². The Morgan fingerprint density at radius 3 is 3.06 bits per heavy atom. The summed E-state index contributed by atoms with van der Waals surface area (Å²) in [5, 5.41) is 5.34. The first-order valence-electron chi connectivity index (χ1n) is 5.26. The van der Waals surface area contributed by atoms with E-state index < -0.39 is 0 Å². The van der Waals surface area contributed by atoms with Gasteiger partial charge in [-0.3, -0.25) is 0 Å². The lowest BCUT2D eigenvalue weighted by atomic mass is 10.4. The van der Waals surface area contributed by atoms with Crippen molar-refractivity contribution in [3.63, 3.8) is 0 Å². The summed E-state index contributed by atoms with van der Waals surface area (Å²) in [6.07, 6.45) is 2.46. The van der Waals surface area contributed by atoms with Gasteiger partial charge in [-0.2, -0.15) is 0 Å². The number of hydrogen-bond acceptors (Lipinski definition) is 5. The first-order valence-corrected chi connectivity index (χ1v) is 6.94. The van der Waals surface area contributed by atoms with Crippen molar-refractivity contribution < 1.29 is 0 Å². The second-order valence-electron chi connectivity index (χ2n) is 3.48. The van der Waals surface area contributed by atoms with Gasteiger partial charge in [-0.15, -0.1) is 11.3 Å². The van der Waals surface area contributed by atoms with Crippen LogP contribution in [0.1, 0.15) is 10.7 Å². The van der Waals surface area contributed by atoms with Crippen molar-refractivity contribution >= 4 is 33.1 Å². The van der Waals surface area contributed by atoms with Crippen LogP contribution in [0.3, 0.4) is 0 Å². The average Bonchev–Trinajstić information content (AvgIpc) is 2.74. The molecule has 2 rings (SSSR count). The van der Waals surface area contributed by atoms with Crippen molar-refractivity contribution in [1.29, 1.82) is 0 Å². The molecule has 0 unspecified atom stereocenters. The fraction of sp³-hybridized carbons (Fsp3) is 0.273. The van der Waals surface area contributed by atoms with E-state index in [1.54, 1.807) is 17.5 Å². The highest BCUT2D eigenvalue weighted by molar-refractivity contribution is 9.10. The third kappa shape index (κ3) is 3.76. The molecule has 2 aromatic heterocycles. The smallest absolute Gasteiger partial charge is 0.131 e. The van der Waals surface area contributed by atoms with Crippen molar-refractivity contribution in [2.24, 2.45) is 5.73 Å². The standard InChI is InChI=1S/C11H13BrN4S/c12-8-5-9(17-7-8)6-15-11-2-4-14-10(16-11)1-3-13/h2,4-5,7H,1,3,6,13H2,(H,14,15,16). The highest BCUT2D eigenvalue weighted by atomic mass is 79.9. The Morgan fingerprint density at radius 2 is 2.35 bits per heavy atom. The number of hydrogen-bond donors (Lipinski definition) is 2. The van der Waals surface area contributed by atoms with E-state index in [-0.39, 0.29) is 0 Å². The molecule has 2 heterocycles. The molecule has 0 saturated carbocycles. The fourth-order valence-electron chi connectivity index (χ4n) is 1.37. The molecule has 0 aliphatic heterocycles. The zero-order valence-electron chi connectivity index (χ0n) is 9.19. The minimum Gasteiger partial charge on any atom is -0.365 e. The maximum Gasteiger partial charge on any atom is 0.131 e. The fourth-order valence-corrected chi connectivity index (χ4v) is 2.76. The van der Waals surface area contributed by atoms with Gasteiger partial charge in [0.1, 0.15) is 11.6 Å². The summed E-state index contributed by atoms with van der Waals surface area (Å²) >= 11 is 5.14. The summed E-state index contributed by atoms with van der Waals surface area (Å²) < 4.78 is 1.12. The molecule has 0 amide bonds. The summed E-state index contributed by atoms with van der Waals surface area (Å²) in [5.74, 6) is 1.62. The second kappa shape index (κ2) is 6.09. The highest BCUT2D eigenvalue weighted by Gasteiger charge is 2.00. The molecule has 4 nitrogen and oxygen atoms in total. The molecular formula is C11H13BrN4S. The maximum absolute atomic E-state index is 5.47. The molecule has 3 N–H and O–H groups in total. The third-order valence-corrected chi connectivity index (χ3v) is 3.84. The molecule has 0 aromatic carbocycles. The molecule has 0 spiro atoms. The Labute approximate surface area is 112 Å². The molecule has 0 aliphatic rings. The van der Waals surface area contributed by atoms with E-state index in [9.17, 15) is 0 Å². The Balaban J connectivity index is 1.96. The van der Waals surface area contributed by atoms with Crippen LogP contribution >= 0.6 is 27.3 Å². The van der Waals surface area contributed by atoms with E-state index >= 15 is 0 Å². The Hall–Kier alpha value is -0.980. The SMILES string of the molecule is NCCc1nccc(NCc2cc(Br)cs2)n1. The first kappa shape index (κ1) is 12.5. The summed E-state index contributed by atoms with van der Waals surface area (Å²) in [5.41, 5.74) is 5.47. The molecule has 0 bridgehead atoms. The molecule has 6 heteroatoms. The molecule has 90 valence electrons. The van der Waals surface area contributed by atoms with Crippen LogP contribution in [0, 0.1) is 0 Å². The summed E-state index contributed by atoms with van der Waals surface area (Å²) in [4.78, 5) is 9.79. The normalized spacial score (nSPS) is 10.5. The van der Waals surface area contributed by atoms with Crippen LogP contribution in [-0.4, -0.2) is 16.5 Å². The maximum atomic E-state index is 5.47. The number of thiophene rings is 1. The minimum atomic E-state index is 0.571. The van der Waals surface area contributed by atoms with Gasteiger partial charge < -0.3 is 11.1 Å². The monoisotopic (exact) mass is 312 g/mol. The minimum absolute atomic E-state index is 0.571. The lowest BCUT2D eigenvalue weighted by Gasteiger charge is -2.05. The van der Waals surface area contributed by atoms with Crippen LogP contribution in [0.15, 0.2) is 28.2 Å². The van der Waals surface area contributed by atoms with Gasteiger partial charge in [-0.1, -0.05) is 0 Å². The van der Waals surface area contributed by atoms with Crippen LogP contribution in [-0.2, 0) is 13.0 Å². The van der Waals surface area contributed by atoms with E-state index in [1.165, 1.54) is 4.88 Å². The van der Waals surface area contributed by atoms with Crippen LogP contribution in [0.25, 0.3) is 0 Å². The van der Waals surface area contributed by atoms with Crippen molar-refractivity contribution in [1.82, 2.24) is 9.97 Å². The van der Waals surface area contributed by atoms with Crippen LogP contribution in [0.4, 0.5) is 5.82 Å². The third-order valence-electron chi connectivity index (χ3n) is 2.14. The van der Waals surface area contributed by atoms with Crippen molar-refractivity contribution in [3.05, 3.63) is 38.9 Å². The van der Waals surface area contributed by atoms with Crippen LogP contribution < -0.4 is 11.1 Å². The van der Waals surface area contributed by atoms with E-state index in [4.69, 9.17) is 5.73 Å². The quantitative estimate of drug-likeness (QED) is 0.890. The summed E-state index contributed by atoms with van der Waals surface area (Å²) in [6.45, 7) is 1.34. The zero-order chi connectivity index (χ0) is 12.1. The van der Waals surface area contributed by atoms with Crippen LogP contribution in [0.2, 0.25) is 0 Å². The zero-order valence-corrected chi connectivity index (χ0v) is 11.6. The Kier molecular flexibility index (Phi) is 4.47. The molecule has 2 aromatic rings. The lowest BCUT2D eigenvalue weighted by molar-refractivity contribution is 0.866. The largest absolute Gasteiger partial charge is 0.365 e. The number of anilines is 1. The predicted octanol–water partition coefficient (Wildman–Crippen LogP) is 2.41. The van der Waals surface area contributed by atoms with Gasteiger partial charge >= 0.3 is 0 Å². The predicted molar refractivity (Wildman–Crippen MR) is 74.1 cm³/mol. The van der Waals surface area contributed by atoms with Gasteiger partial charge in [0.15, 0.2) is 0 Å². The molecular weight excluding hydrogens is 300 g/mol.